The van der Waals surface area contributed by atoms with Gasteiger partial charge in [-0.2, -0.15) is 0 Å². The van der Waals surface area contributed by atoms with Crippen LogP contribution in [0.4, 0.5) is 0 Å². The molecule has 1 aliphatic rings. The molecule has 7 nitrogen and oxygen atoms in total. The Morgan fingerprint density at radius 1 is 1.34 bits per heavy atom. The summed E-state index contributed by atoms with van der Waals surface area (Å²) < 4.78 is 18.2. The molecule has 4 heterocycles. The van der Waals surface area contributed by atoms with E-state index in [1.165, 1.54) is 6.33 Å². The molecular weight excluding hydrogens is 394 g/mol. The normalized spacial score (nSPS) is 19.0. The summed E-state index contributed by atoms with van der Waals surface area (Å²) in [6.45, 7) is 5.15. The van der Waals surface area contributed by atoms with Crippen LogP contribution in [0.15, 0.2) is 30.6 Å². The van der Waals surface area contributed by atoms with Gasteiger partial charge in [-0.25, -0.2) is 14.8 Å². The van der Waals surface area contributed by atoms with E-state index in [4.69, 9.17) is 30.8 Å². The molecule has 0 N–H and O–H groups in total. The van der Waals surface area contributed by atoms with Crippen molar-refractivity contribution >= 4 is 23.1 Å². The van der Waals surface area contributed by atoms with Crippen LogP contribution in [0.25, 0.3) is 16.8 Å². The van der Waals surface area contributed by atoms with E-state index >= 15 is 0 Å². The zero-order valence-electron chi connectivity index (χ0n) is 16.6. The predicted molar refractivity (Wildman–Crippen MR) is 108 cm³/mol. The SMILES string of the molecule is CCOC(=O)c1cc2c(-c3cc(C)cc([C@]4(OC)CCOC4)n3)cc(Cl)n2cn1. The topological polar surface area (TPSA) is 75.0 Å². The van der Waals surface area contributed by atoms with E-state index in [1.807, 2.05) is 25.1 Å². The molecule has 0 aromatic carbocycles. The molecule has 152 valence electrons. The molecule has 29 heavy (non-hydrogen) atoms. The molecule has 0 saturated carbocycles. The average molecular weight is 416 g/mol. The van der Waals surface area contributed by atoms with Gasteiger partial charge in [-0.1, -0.05) is 11.6 Å². The highest BCUT2D eigenvalue weighted by Crippen LogP contribution is 2.36. The molecular formula is C21H22ClN3O4. The van der Waals surface area contributed by atoms with Crippen molar-refractivity contribution in [1.82, 2.24) is 14.4 Å². The number of ether oxygens (including phenoxy) is 3. The van der Waals surface area contributed by atoms with Crippen molar-refractivity contribution in [2.24, 2.45) is 0 Å². The first-order valence-corrected chi connectivity index (χ1v) is 9.81. The number of hydrogen-bond acceptors (Lipinski definition) is 6. The molecule has 0 spiro atoms. The summed E-state index contributed by atoms with van der Waals surface area (Å²) in [6.07, 6.45) is 2.26. The number of methoxy groups -OCH3 is 1. The number of aromatic nitrogens is 3. The van der Waals surface area contributed by atoms with Gasteiger partial charge >= 0.3 is 5.97 Å². The van der Waals surface area contributed by atoms with E-state index in [1.54, 1.807) is 24.5 Å². The third-order valence-corrected chi connectivity index (χ3v) is 5.48. The fraction of sp³-hybridized carbons (Fsp3) is 0.381. The van der Waals surface area contributed by atoms with Crippen LogP contribution < -0.4 is 0 Å². The van der Waals surface area contributed by atoms with E-state index in [-0.39, 0.29) is 12.3 Å². The number of nitrogens with zero attached hydrogens (tertiary/aromatic N) is 3. The van der Waals surface area contributed by atoms with Gasteiger partial charge in [0.05, 0.1) is 30.1 Å². The Bertz CT molecular complexity index is 1070. The Kier molecular flexibility index (Phi) is 5.29. The minimum atomic E-state index is -0.558. The van der Waals surface area contributed by atoms with Crippen molar-refractivity contribution in [3.05, 3.63) is 52.7 Å². The first-order valence-electron chi connectivity index (χ1n) is 9.43. The number of pyridine rings is 1. The van der Waals surface area contributed by atoms with Gasteiger partial charge in [-0.05, 0) is 43.7 Å². The van der Waals surface area contributed by atoms with E-state index < -0.39 is 11.6 Å². The lowest BCUT2D eigenvalue weighted by atomic mass is 9.95. The largest absolute Gasteiger partial charge is 0.461 e. The van der Waals surface area contributed by atoms with Crippen LogP contribution in [-0.2, 0) is 19.8 Å². The summed E-state index contributed by atoms with van der Waals surface area (Å²) in [5.41, 5.74) is 3.81. The van der Waals surface area contributed by atoms with Crippen molar-refractivity contribution in [2.45, 2.75) is 25.9 Å². The summed E-state index contributed by atoms with van der Waals surface area (Å²) in [5, 5.41) is 0.480. The number of halogens is 1. The number of carbonyl (C=O) groups is 1. The van der Waals surface area contributed by atoms with Crippen LogP contribution in [0.2, 0.25) is 5.15 Å². The number of esters is 1. The van der Waals surface area contributed by atoms with Gasteiger partial charge < -0.3 is 14.2 Å². The fourth-order valence-corrected chi connectivity index (χ4v) is 3.88. The number of hydrogen-bond donors (Lipinski definition) is 0. The van der Waals surface area contributed by atoms with E-state index in [9.17, 15) is 4.79 Å². The van der Waals surface area contributed by atoms with Gasteiger partial charge in [0.2, 0.25) is 0 Å². The van der Waals surface area contributed by atoms with Crippen LogP contribution in [0, 0.1) is 6.92 Å². The summed E-state index contributed by atoms with van der Waals surface area (Å²) in [7, 11) is 1.68. The molecule has 1 saturated heterocycles. The fourth-order valence-electron chi connectivity index (χ4n) is 3.63. The molecule has 1 fully saturated rings. The first kappa shape index (κ1) is 19.8. The predicted octanol–water partition coefficient (Wildman–Crippen LogP) is 3.80. The lowest BCUT2D eigenvalue weighted by molar-refractivity contribution is -0.0245. The maximum Gasteiger partial charge on any atom is 0.357 e. The number of fused-ring (bicyclic) bond motifs is 1. The Hall–Kier alpha value is -2.48. The lowest BCUT2D eigenvalue weighted by Gasteiger charge is -2.26. The minimum Gasteiger partial charge on any atom is -0.461 e. The Morgan fingerprint density at radius 2 is 2.17 bits per heavy atom. The summed E-state index contributed by atoms with van der Waals surface area (Å²) >= 11 is 6.42. The molecule has 0 aliphatic carbocycles. The summed E-state index contributed by atoms with van der Waals surface area (Å²) in [6, 6.07) is 7.50. The van der Waals surface area contributed by atoms with Gasteiger partial charge in [0.1, 0.15) is 17.1 Å². The molecule has 1 atom stereocenters. The van der Waals surface area contributed by atoms with Crippen molar-refractivity contribution in [3.8, 4) is 11.3 Å². The number of rotatable bonds is 5. The molecule has 0 amide bonds. The van der Waals surface area contributed by atoms with Gasteiger partial charge in [0.15, 0.2) is 5.69 Å². The summed E-state index contributed by atoms with van der Waals surface area (Å²) in [4.78, 5) is 21.2. The monoisotopic (exact) mass is 415 g/mol. The maximum absolute atomic E-state index is 12.1. The highest BCUT2D eigenvalue weighted by atomic mass is 35.5. The standard InChI is InChI=1S/C21H22ClN3O4/c1-4-29-20(26)16-10-17-14(9-19(22)25(17)12-23-16)15-7-13(2)8-18(24-15)21(27-3)5-6-28-11-21/h7-10,12H,4-6,11H2,1-3H3/t21-/m0/s1. The molecule has 8 heteroatoms. The highest BCUT2D eigenvalue weighted by Gasteiger charge is 2.38. The van der Waals surface area contributed by atoms with Crippen LogP contribution in [0.3, 0.4) is 0 Å². The van der Waals surface area contributed by atoms with Crippen molar-refractivity contribution in [2.75, 3.05) is 26.9 Å². The second kappa shape index (κ2) is 7.74. The molecule has 3 aromatic rings. The third kappa shape index (κ3) is 3.50. The first-order chi connectivity index (χ1) is 14.0. The molecule has 3 aromatic heterocycles. The second-order valence-corrected chi connectivity index (χ2v) is 7.43. The van der Waals surface area contributed by atoms with Crippen molar-refractivity contribution in [3.63, 3.8) is 0 Å². The highest BCUT2D eigenvalue weighted by molar-refractivity contribution is 6.30. The quantitative estimate of drug-likeness (QED) is 0.590. The van der Waals surface area contributed by atoms with Gasteiger partial charge in [-0.3, -0.25) is 4.40 Å². The molecule has 0 unspecified atom stereocenters. The van der Waals surface area contributed by atoms with Gasteiger partial charge in [-0.15, -0.1) is 0 Å². The van der Waals surface area contributed by atoms with Crippen molar-refractivity contribution < 1.29 is 19.0 Å². The number of aryl methyl sites for hydroxylation is 1. The van der Waals surface area contributed by atoms with Crippen LogP contribution >= 0.6 is 11.6 Å². The third-order valence-electron chi connectivity index (χ3n) is 5.19. The molecule has 1 aliphatic heterocycles. The smallest absolute Gasteiger partial charge is 0.357 e. The second-order valence-electron chi connectivity index (χ2n) is 7.05. The Morgan fingerprint density at radius 3 is 2.86 bits per heavy atom. The van der Waals surface area contributed by atoms with Crippen molar-refractivity contribution in [1.29, 1.82) is 0 Å². The Labute approximate surface area is 173 Å². The van der Waals surface area contributed by atoms with E-state index in [0.29, 0.717) is 18.4 Å². The van der Waals surface area contributed by atoms with Crippen LogP contribution in [0.5, 0.6) is 0 Å². The van der Waals surface area contributed by atoms with Crippen LogP contribution in [-0.4, -0.2) is 47.3 Å². The van der Waals surface area contributed by atoms with E-state index in [0.717, 1.165) is 34.5 Å². The summed E-state index contributed by atoms with van der Waals surface area (Å²) in [5.74, 6) is -0.474. The number of carbonyl (C=O) groups excluding carboxylic acids is 1. The average Bonchev–Trinajstić information content (AvgIpc) is 3.33. The maximum atomic E-state index is 12.1. The van der Waals surface area contributed by atoms with E-state index in [2.05, 4.69) is 4.98 Å². The molecule has 0 radical (unpaired) electrons. The van der Waals surface area contributed by atoms with Gasteiger partial charge in [0.25, 0.3) is 0 Å². The lowest BCUT2D eigenvalue weighted by Crippen LogP contribution is -2.30. The zero-order valence-corrected chi connectivity index (χ0v) is 17.3. The zero-order chi connectivity index (χ0) is 20.6. The molecule has 4 rings (SSSR count). The minimum absolute atomic E-state index is 0.223. The Balaban J connectivity index is 1.86. The molecule has 0 bridgehead atoms. The van der Waals surface area contributed by atoms with Gasteiger partial charge in [0, 0.05) is 25.7 Å². The van der Waals surface area contributed by atoms with Crippen LogP contribution in [0.1, 0.15) is 35.1 Å².